The molecule has 0 atom stereocenters. The van der Waals surface area contributed by atoms with Gasteiger partial charge in [0.1, 0.15) is 0 Å². The molecule has 1 saturated heterocycles. The van der Waals surface area contributed by atoms with Crippen molar-refractivity contribution in [2.75, 3.05) is 39.9 Å². The summed E-state index contributed by atoms with van der Waals surface area (Å²) in [4.78, 5) is 41.8. The van der Waals surface area contributed by atoms with Crippen LogP contribution < -0.4 is 5.56 Å². The normalized spacial score (nSPS) is 14.0. The van der Waals surface area contributed by atoms with Crippen LogP contribution in [0, 0.1) is 0 Å². The Bertz CT molecular complexity index is 1140. The molecule has 2 aromatic carbocycles. The number of carbonyl (C=O) groups is 2. The minimum atomic E-state index is -0.419. The molecule has 1 aliphatic heterocycles. The number of carbonyl (C=O) groups excluding carboxylic acids is 2. The third kappa shape index (κ3) is 3.81. The highest BCUT2D eigenvalue weighted by molar-refractivity contribution is 6.05. The molecule has 0 radical (unpaired) electrons. The van der Waals surface area contributed by atoms with Gasteiger partial charge >= 0.3 is 0 Å². The van der Waals surface area contributed by atoms with E-state index in [-0.39, 0.29) is 23.7 Å². The van der Waals surface area contributed by atoms with Crippen molar-refractivity contribution in [3.63, 3.8) is 0 Å². The van der Waals surface area contributed by atoms with Gasteiger partial charge in [0.2, 0.25) is 5.91 Å². The van der Waals surface area contributed by atoms with E-state index in [1.807, 2.05) is 6.07 Å². The van der Waals surface area contributed by atoms with Gasteiger partial charge < -0.3 is 14.5 Å². The molecule has 2 amide bonds. The number of likely N-dealkylation sites (N-methyl/N-ethyl adjacent to an activating group) is 1. The number of rotatable bonds is 4. The Morgan fingerprint density at radius 2 is 1.63 bits per heavy atom. The van der Waals surface area contributed by atoms with Crippen LogP contribution in [0.25, 0.3) is 16.5 Å². The summed E-state index contributed by atoms with van der Waals surface area (Å²) < 4.78 is 6.50. The molecule has 0 N–H and O–H groups in total. The van der Waals surface area contributed by atoms with Crippen LogP contribution >= 0.6 is 0 Å². The van der Waals surface area contributed by atoms with Crippen LogP contribution in [0.4, 0.5) is 0 Å². The van der Waals surface area contributed by atoms with Gasteiger partial charge in [0.25, 0.3) is 11.5 Å². The largest absolute Gasteiger partial charge is 0.378 e. The lowest BCUT2D eigenvalue weighted by molar-refractivity contribution is -0.135. The molecule has 0 spiro atoms. The molecule has 1 aliphatic rings. The van der Waals surface area contributed by atoms with Gasteiger partial charge in [-0.3, -0.25) is 14.4 Å². The molecule has 0 aliphatic carbocycles. The first kappa shape index (κ1) is 19.8. The molecular weight excluding hydrogens is 384 g/mol. The van der Waals surface area contributed by atoms with Gasteiger partial charge in [0.05, 0.1) is 30.8 Å². The Morgan fingerprint density at radius 1 is 1.00 bits per heavy atom. The summed E-state index contributed by atoms with van der Waals surface area (Å²) in [6.45, 7) is 1.95. The van der Waals surface area contributed by atoms with Crippen LogP contribution in [0.1, 0.15) is 10.5 Å². The van der Waals surface area contributed by atoms with Crippen molar-refractivity contribution in [2.24, 2.45) is 0 Å². The zero-order valence-electron chi connectivity index (χ0n) is 16.7. The van der Waals surface area contributed by atoms with Gasteiger partial charge in [0.15, 0.2) is 5.69 Å². The van der Waals surface area contributed by atoms with Crippen LogP contribution in [0.5, 0.6) is 0 Å². The van der Waals surface area contributed by atoms with E-state index in [0.717, 1.165) is 0 Å². The third-order valence-electron chi connectivity index (χ3n) is 5.09. The van der Waals surface area contributed by atoms with Crippen LogP contribution in [-0.2, 0) is 9.53 Å². The summed E-state index contributed by atoms with van der Waals surface area (Å²) >= 11 is 0. The summed E-state index contributed by atoms with van der Waals surface area (Å²) in [6.07, 6.45) is 0. The highest BCUT2D eigenvalue weighted by Crippen LogP contribution is 2.17. The van der Waals surface area contributed by atoms with Crippen molar-refractivity contribution in [1.29, 1.82) is 0 Å². The molecule has 0 bridgehead atoms. The van der Waals surface area contributed by atoms with E-state index in [1.54, 1.807) is 60.5 Å². The van der Waals surface area contributed by atoms with E-state index < -0.39 is 5.91 Å². The van der Waals surface area contributed by atoms with Gasteiger partial charge in [-0.25, -0.2) is 0 Å². The SMILES string of the molecule is CN(CC(=O)N1CCOCC1)C(=O)c1nn(-c2ccccc2)c(=O)c2ccccc12. The molecule has 0 unspecified atom stereocenters. The monoisotopic (exact) mass is 406 g/mol. The predicted molar refractivity (Wildman–Crippen MR) is 112 cm³/mol. The predicted octanol–water partition coefficient (Wildman–Crippen LogP) is 1.32. The highest BCUT2D eigenvalue weighted by atomic mass is 16.5. The number of amides is 2. The van der Waals surface area contributed by atoms with Crippen molar-refractivity contribution in [3.05, 3.63) is 70.6 Å². The number of fused-ring (bicyclic) bond motifs is 1. The average Bonchev–Trinajstić information content (AvgIpc) is 2.80. The second-order valence-corrected chi connectivity index (χ2v) is 7.10. The number of benzene rings is 2. The van der Waals surface area contributed by atoms with Gasteiger partial charge in [-0.15, -0.1) is 0 Å². The van der Waals surface area contributed by atoms with E-state index >= 15 is 0 Å². The number of para-hydroxylation sites is 1. The highest BCUT2D eigenvalue weighted by Gasteiger charge is 2.24. The molecule has 2 heterocycles. The van der Waals surface area contributed by atoms with Gasteiger partial charge in [-0.05, 0) is 18.2 Å². The van der Waals surface area contributed by atoms with Crippen molar-refractivity contribution in [1.82, 2.24) is 19.6 Å². The lowest BCUT2D eigenvalue weighted by Gasteiger charge is -2.28. The number of hydrogen-bond donors (Lipinski definition) is 0. The Hall–Kier alpha value is -3.52. The van der Waals surface area contributed by atoms with E-state index in [2.05, 4.69) is 5.10 Å². The second kappa shape index (κ2) is 8.46. The summed E-state index contributed by atoms with van der Waals surface area (Å²) in [7, 11) is 1.56. The number of nitrogens with zero attached hydrogens (tertiary/aromatic N) is 4. The minimum absolute atomic E-state index is 0.0701. The Balaban J connectivity index is 1.70. The number of ether oxygens (including phenoxy) is 1. The number of morpholine rings is 1. The van der Waals surface area contributed by atoms with E-state index in [0.29, 0.717) is 42.8 Å². The van der Waals surface area contributed by atoms with E-state index in [1.165, 1.54) is 9.58 Å². The molecular formula is C22H22N4O4. The Labute approximate surface area is 173 Å². The molecule has 154 valence electrons. The summed E-state index contributed by atoms with van der Waals surface area (Å²) in [6, 6.07) is 15.8. The van der Waals surface area contributed by atoms with Gasteiger partial charge in [0, 0.05) is 25.5 Å². The Kier molecular flexibility index (Phi) is 5.58. The second-order valence-electron chi connectivity index (χ2n) is 7.10. The zero-order valence-corrected chi connectivity index (χ0v) is 16.7. The molecule has 1 fully saturated rings. The van der Waals surface area contributed by atoms with E-state index in [9.17, 15) is 14.4 Å². The maximum Gasteiger partial charge on any atom is 0.279 e. The first-order valence-electron chi connectivity index (χ1n) is 9.75. The molecule has 0 saturated carbocycles. The minimum Gasteiger partial charge on any atom is -0.378 e. The molecule has 4 rings (SSSR count). The van der Waals surface area contributed by atoms with Crippen LogP contribution in [-0.4, -0.2) is 71.3 Å². The molecule has 30 heavy (non-hydrogen) atoms. The van der Waals surface area contributed by atoms with Crippen molar-refractivity contribution < 1.29 is 14.3 Å². The summed E-state index contributed by atoms with van der Waals surface area (Å²) in [5.74, 6) is -0.563. The molecule has 1 aromatic heterocycles. The van der Waals surface area contributed by atoms with Crippen LogP contribution in [0.15, 0.2) is 59.4 Å². The lowest BCUT2D eigenvalue weighted by Crippen LogP contribution is -2.46. The first-order chi connectivity index (χ1) is 14.6. The quantitative estimate of drug-likeness (QED) is 0.652. The van der Waals surface area contributed by atoms with Crippen LogP contribution in [0.2, 0.25) is 0 Å². The fraction of sp³-hybridized carbons (Fsp3) is 0.273. The standard InChI is InChI=1S/C22H22N4O4/c1-24(15-19(27)25-11-13-30-14-12-25)22(29)20-17-9-5-6-10-18(17)21(28)26(23-20)16-7-3-2-4-8-16/h2-10H,11-15H2,1H3. The average molecular weight is 406 g/mol. The molecule has 8 heteroatoms. The maximum absolute atomic E-state index is 13.2. The van der Waals surface area contributed by atoms with Crippen molar-refractivity contribution >= 4 is 22.6 Å². The summed E-state index contributed by atoms with van der Waals surface area (Å²) in [5.41, 5.74) is 0.390. The van der Waals surface area contributed by atoms with Crippen molar-refractivity contribution in [3.8, 4) is 5.69 Å². The first-order valence-corrected chi connectivity index (χ1v) is 9.75. The van der Waals surface area contributed by atoms with Gasteiger partial charge in [-0.1, -0.05) is 36.4 Å². The number of aromatic nitrogens is 2. The fourth-order valence-corrected chi connectivity index (χ4v) is 3.46. The topological polar surface area (TPSA) is 84.7 Å². The Morgan fingerprint density at radius 3 is 2.33 bits per heavy atom. The number of hydrogen-bond acceptors (Lipinski definition) is 5. The van der Waals surface area contributed by atoms with E-state index in [4.69, 9.17) is 4.74 Å². The molecule has 8 nitrogen and oxygen atoms in total. The van der Waals surface area contributed by atoms with Crippen LogP contribution in [0.3, 0.4) is 0 Å². The van der Waals surface area contributed by atoms with Crippen molar-refractivity contribution in [2.45, 2.75) is 0 Å². The zero-order chi connectivity index (χ0) is 21.1. The fourth-order valence-electron chi connectivity index (χ4n) is 3.46. The third-order valence-corrected chi connectivity index (χ3v) is 5.09. The lowest BCUT2D eigenvalue weighted by atomic mass is 10.1. The smallest absolute Gasteiger partial charge is 0.279 e. The maximum atomic E-state index is 13.2. The van der Waals surface area contributed by atoms with Gasteiger partial charge in [-0.2, -0.15) is 9.78 Å². The summed E-state index contributed by atoms with van der Waals surface area (Å²) in [5, 5.41) is 5.24. The molecule has 3 aromatic rings.